The number of hydrogen-bond acceptors (Lipinski definition) is 5. The molecule has 0 fully saturated rings. The highest BCUT2D eigenvalue weighted by atomic mass is 16.5. The van der Waals surface area contributed by atoms with Crippen LogP contribution in [0.4, 0.5) is 5.69 Å². The quantitative estimate of drug-likeness (QED) is 0.738. The van der Waals surface area contributed by atoms with Gasteiger partial charge in [-0.2, -0.15) is 0 Å². The molecule has 0 aliphatic rings. The molecule has 0 radical (unpaired) electrons. The van der Waals surface area contributed by atoms with Crippen molar-refractivity contribution in [3.05, 3.63) is 18.2 Å². The molecule has 1 rings (SSSR count). The zero-order valence-electron chi connectivity index (χ0n) is 15.1. The van der Waals surface area contributed by atoms with Crippen molar-refractivity contribution in [1.29, 1.82) is 0 Å². The van der Waals surface area contributed by atoms with E-state index in [1.165, 1.54) is 14.0 Å². The average Bonchev–Trinajstić information content (AvgIpc) is 2.54. The van der Waals surface area contributed by atoms with Gasteiger partial charge in [0.15, 0.2) is 0 Å². The minimum absolute atomic E-state index is 0.0383. The van der Waals surface area contributed by atoms with Crippen LogP contribution in [0.25, 0.3) is 0 Å². The molecule has 0 spiro atoms. The van der Waals surface area contributed by atoms with Crippen LogP contribution < -0.4 is 14.8 Å². The molecule has 24 heavy (non-hydrogen) atoms. The molecule has 0 aliphatic heterocycles. The lowest BCUT2D eigenvalue weighted by Gasteiger charge is -2.22. The second-order valence-corrected chi connectivity index (χ2v) is 5.67. The number of nitrogens with zero attached hydrogens (tertiary/aromatic N) is 2. The fourth-order valence-corrected chi connectivity index (χ4v) is 2.11. The van der Waals surface area contributed by atoms with Gasteiger partial charge in [0.2, 0.25) is 11.8 Å². The summed E-state index contributed by atoms with van der Waals surface area (Å²) >= 11 is 0. The lowest BCUT2D eigenvalue weighted by molar-refractivity contribution is -0.129. The van der Waals surface area contributed by atoms with Crippen LogP contribution in [-0.4, -0.2) is 69.6 Å². The summed E-state index contributed by atoms with van der Waals surface area (Å²) in [6, 6.07) is 5.19. The maximum atomic E-state index is 12.2. The SMILES string of the molecule is COc1ccc(OC)c(NC(=O)CCN(CCN(C)C)C(C)=O)c1. The van der Waals surface area contributed by atoms with Crippen LogP contribution >= 0.6 is 0 Å². The number of carbonyl (C=O) groups excluding carboxylic acids is 2. The molecule has 7 heteroatoms. The maximum absolute atomic E-state index is 12.2. The minimum Gasteiger partial charge on any atom is -0.497 e. The van der Waals surface area contributed by atoms with Crippen LogP contribution in [0, 0.1) is 0 Å². The Morgan fingerprint density at radius 2 is 1.79 bits per heavy atom. The number of nitrogens with one attached hydrogen (secondary N) is 1. The van der Waals surface area contributed by atoms with E-state index in [9.17, 15) is 9.59 Å². The fourth-order valence-electron chi connectivity index (χ4n) is 2.11. The number of methoxy groups -OCH3 is 2. The topological polar surface area (TPSA) is 71.1 Å². The number of benzene rings is 1. The molecule has 0 heterocycles. The van der Waals surface area contributed by atoms with Gasteiger partial charge < -0.3 is 24.6 Å². The third kappa shape index (κ3) is 6.45. The fraction of sp³-hybridized carbons (Fsp3) is 0.529. The number of likely N-dealkylation sites (N-methyl/N-ethyl adjacent to an activating group) is 1. The largest absolute Gasteiger partial charge is 0.497 e. The molecule has 0 bridgehead atoms. The lowest BCUT2D eigenvalue weighted by atomic mass is 10.2. The van der Waals surface area contributed by atoms with Crippen LogP contribution in [0.1, 0.15) is 13.3 Å². The summed E-state index contributed by atoms with van der Waals surface area (Å²) in [6.45, 7) is 3.24. The highest BCUT2D eigenvalue weighted by Crippen LogP contribution is 2.28. The van der Waals surface area contributed by atoms with Gasteiger partial charge in [-0.1, -0.05) is 0 Å². The Bertz CT molecular complexity index is 561. The molecule has 7 nitrogen and oxygen atoms in total. The van der Waals surface area contributed by atoms with Crippen LogP contribution in [0.2, 0.25) is 0 Å². The predicted octanol–water partition coefficient (Wildman–Crippen LogP) is 1.44. The van der Waals surface area contributed by atoms with Crippen LogP contribution in [-0.2, 0) is 9.59 Å². The Hall–Kier alpha value is -2.28. The Morgan fingerprint density at radius 3 is 2.33 bits per heavy atom. The first kappa shape index (κ1) is 19.8. The van der Waals surface area contributed by atoms with E-state index >= 15 is 0 Å². The van der Waals surface area contributed by atoms with Crippen molar-refractivity contribution in [3.8, 4) is 11.5 Å². The van der Waals surface area contributed by atoms with Gasteiger partial charge in [-0.25, -0.2) is 0 Å². The zero-order chi connectivity index (χ0) is 18.1. The Morgan fingerprint density at radius 1 is 1.08 bits per heavy atom. The number of anilines is 1. The molecule has 0 saturated carbocycles. The summed E-state index contributed by atoms with van der Waals surface area (Å²) in [5.41, 5.74) is 0.546. The lowest BCUT2D eigenvalue weighted by Crippen LogP contribution is -2.37. The van der Waals surface area contributed by atoms with Gasteiger partial charge in [-0.05, 0) is 26.2 Å². The molecular formula is C17H27N3O4. The van der Waals surface area contributed by atoms with Crippen molar-refractivity contribution in [2.45, 2.75) is 13.3 Å². The number of amides is 2. The standard InChI is InChI=1S/C17H27N3O4/c1-13(21)20(11-10-19(2)3)9-8-17(22)18-15-12-14(23-4)6-7-16(15)24-5/h6-7,12H,8-11H2,1-5H3,(H,18,22). The minimum atomic E-state index is -0.183. The number of hydrogen-bond donors (Lipinski definition) is 1. The van der Waals surface area contributed by atoms with E-state index in [4.69, 9.17) is 9.47 Å². The second-order valence-electron chi connectivity index (χ2n) is 5.67. The molecule has 0 aliphatic carbocycles. The summed E-state index contributed by atoms with van der Waals surface area (Å²) < 4.78 is 10.4. The van der Waals surface area contributed by atoms with Gasteiger partial charge in [-0.3, -0.25) is 9.59 Å². The monoisotopic (exact) mass is 337 g/mol. The van der Waals surface area contributed by atoms with E-state index in [-0.39, 0.29) is 18.2 Å². The molecule has 1 aromatic carbocycles. The molecular weight excluding hydrogens is 310 g/mol. The first-order valence-corrected chi connectivity index (χ1v) is 7.79. The smallest absolute Gasteiger partial charge is 0.226 e. The van der Waals surface area contributed by atoms with Crippen molar-refractivity contribution in [2.24, 2.45) is 0 Å². The van der Waals surface area contributed by atoms with E-state index in [0.29, 0.717) is 30.3 Å². The van der Waals surface area contributed by atoms with Crippen molar-refractivity contribution in [1.82, 2.24) is 9.80 Å². The first-order valence-electron chi connectivity index (χ1n) is 7.79. The number of ether oxygens (including phenoxy) is 2. The highest BCUT2D eigenvalue weighted by Gasteiger charge is 2.13. The molecule has 0 unspecified atom stereocenters. The molecule has 134 valence electrons. The van der Waals surface area contributed by atoms with Gasteiger partial charge in [-0.15, -0.1) is 0 Å². The summed E-state index contributed by atoms with van der Waals surface area (Å²) in [5.74, 6) is 0.962. The third-order valence-corrected chi connectivity index (χ3v) is 3.55. The number of carbonyl (C=O) groups is 2. The van der Waals surface area contributed by atoms with Crippen LogP contribution in [0.3, 0.4) is 0 Å². The van der Waals surface area contributed by atoms with Crippen LogP contribution in [0.5, 0.6) is 11.5 Å². The predicted molar refractivity (Wildman–Crippen MR) is 93.6 cm³/mol. The molecule has 2 amide bonds. The second kappa shape index (κ2) is 9.77. The molecule has 1 N–H and O–H groups in total. The Balaban J connectivity index is 2.63. The molecule has 0 saturated heterocycles. The Labute approximate surface area is 143 Å². The summed E-state index contributed by atoms with van der Waals surface area (Å²) in [7, 11) is 6.99. The van der Waals surface area contributed by atoms with Gasteiger partial charge in [0.25, 0.3) is 0 Å². The van der Waals surface area contributed by atoms with Gasteiger partial charge in [0.05, 0.1) is 19.9 Å². The van der Waals surface area contributed by atoms with Gasteiger partial charge in [0, 0.05) is 39.0 Å². The van der Waals surface area contributed by atoms with E-state index in [1.807, 2.05) is 19.0 Å². The molecule has 1 aromatic rings. The van der Waals surface area contributed by atoms with Crippen molar-refractivity contribution in [2.75, 3.05) is 53.3 Å². The average molecular weight is 337 g/mol. The van der Waals surface area contributed by atoms with Crippen molar-refractivity contribution < 1.29 is 19.1 Å². The van der Waals surface area contributed by atoms with Crippen molar-refractivity contribution in [3.63, 3.8) is 0 Å². The summed E-state index contributed by atoms with van der Waals surface area (Å²) in [6.07, 6.45) is 0.216. The number of rotatable bonds is 9. The van der Waals surface area contributed by atoms with Gasteiger partial charge in [0.1, 0.15) is 11.5 Å². The van der Waals surface area contributed by atoms with Crippen LogP contribution in [0.15, 0.2) is 18.2 Å². The highest BCUT2D eigenvalue weighted by molar-refractivity contribution is 5.92. The normalized spacial score (nSPS) is 10.4. The Kier molecular flexibility index (Phi) is 8.05. The van der Waals surface area contributed by atoms with E-state index in [0.717, 1.165) is 6.54 Å². The zero-order valence-corrected chi connectivity index (χ0v) is 15.1. The van der Waals surface area contributed by atoms with E-state index in [2.05, 4.69) is 5.32 Å². The summed E-state index contributed by atoms with van der Waals surface area (Å²) in [4.78, 5) is 27.5. The third-order valence-electron chi connectivity index (χ3n) is 3.55. The molecule has 0 aromatic heterocycles. The van der Waals surface area contributed by atoms with Gasteiger partial charge >= 0.3 is 0 Å². The summed E-state index contributed by atoms with van der Waals surface area (Å²) in [5, 5.41) is 2.80. The van der Waals surface area contributed by atoms with Crippen molar-refractivity contribution >= 4 is 17.5 Å². The van der Waals surface area contributed by atoms with E-state index in [1.54, 1.807) is 30.2 Å². The molecule has 0 atom stereocenters. The maximum Gasteiger partial charge on any atom is 0.226 e. The van der Waals surface area contributed by atoms with E-state index < -0.39 is 0 Å². The first-order chi connectivity index (χ1) is 11.4.